The normalized spacial score (nSPS) is 22.1. The van der Waals surface area contributed by atoms with Crippen LogP contribution in [-0.2, 0) is 11.0 Å². The van der Waals surface area contributed by atoms with E-state index in [9.17, 15) is 18.0 Å². The summed E-state index contributed by atoms with van der Waals surface area (Å²) in [5.74, 6) is 0.315. The van der Waals surface area contributed by atoms with E-state index in [2.05, 4.69) is 15.1 Å². The number of rotatable bonds is 2. The number of anilines is 1. The maximum atomic E-state index is 13.1. The molecule has 2 aliphatic rings. The van der Waals surface area contributed by atoms with Crippen molar-refractivity contribution in [2.45, 2.75) is 19.0 Å². The highest BCUT2D eigenvalue weighted by Crippen LogP contribution is 2.31. The summed E-state index contributed by atoms with van der Waals surface area (Å²) in [6.07, 6.45) is -1.83. The predicted octanol–water partition coefficient (Wildman–Crippen LogP) is 1.74. The zero-order valence-electron chi connectivity index (χ0n) is 15.7. The molecule has 2 aliphatic heterocycles. The summed E-state index contributed by atoms with van der Waals surface area (Å²) >= 11 is 0. The summed E-state index contributed by atoms with van der Waals surface area (Å²) < 4.78 is 40.6. The largest absolute Gasteiger partial charge is 0.417 e. The lowest BCUT2D eigenvalue weighted by Crippen LogP contribution is -2.51. The van der Waals surface area contributed by atoms with Gasteiger partial charge in [0.1, 0.15) is 0 Å². The average Bonchev–Trinajstić information content (AvgIpc) is 3.11. The molecule has 0 aliphatic carbocycles. The van der Waals surface area contributed by atoms with E-state index in [4.69, 9.17) is 0 Å². The Morgan fingerprint density at radius 2 is 1.86 bits per heavy atom. The quantitative estimate of drug-likeness (QED) is 0.774. The molecule has 0 spiro atoms. The van der Waals surface area contributed by atoms with Crippen molar-refractivity contribution in [3.63, 3.8) is 0 Å². The minimum Gasteiger partial charge on any atom is -0.340 e. The first-order valence-corrected chi connectivity index (χ1v) is 9.47. The predicted molar refractivity (Wildman–Crippen MR) is 97.0 cm³/mol. The summed E-state index contributed by atoms with van der Waals surface area (Å²) in [4.78, 5) is 18.9. The second-order valence-electron chi connectivity index (χ2n) is 7.56. The first kappa shape index (κ1) is 19.0. The van der Waals surface area contributed by atoms with Gasteiger partial charge >= 0.3 is 6.18 Å². The van der Waals surface area contributed by atoms with Crippen molar-refractivity contribution >= 4 is 17.5 Å². The van der Waals surface area contributed by atoms with Gasteiger partial charge in [-0.15, -0.1) is 10.2 Å². The van der Waals surface area contributed by atoms with Gasteiger partial charge in [-0.25, -0.2) is 0 Å². The Kier molecular flexibility index (Phi) is 4.90. The van der Waals surface area contributed by atoms with Crippen LogP contribution in [0.2, 0.25) is 0 Å². The smallest absolute Gasteiger partial charge is 0.340 e. The molecule has 0 bridgehead atoms. The molecule has 1 atom stereocenters. The number of amides is 1. The molecule has 28 heavy (non-hydrogen) atoms. The Morgan fingerprint density at radius 1 is 1.11 bits per heavy atom. The fourth-order valence-corrected chi connectivity index (χ4v) is 3.91. The molecule has 152 valence electrons. The number of halogens is 3. The molecule has 4 rings (SSSR count). The lowest BCUT2D eigenvalue weighted by atomic mass is 9.96. The van der Waals surface area contributed by atoms with E-state index in [0.29, 0.717) is 37.8 Å². The summed E-state index contributed by atoms with van der Waals surface area (Å²) in [5, 5.41) is 8.09. The highest BCUT2D eigenvalue weighted by atomic mass is 19.4. The van der Waals surface area contributed by atoms with Gasteiger partial charge in [0.05, 0.1) is 11.5 Å². The number of alkyl halides is 3. The van der Waals surface area contributed by atoms with E-state index >= 15 is 0 Å². The molecule has 0 radical (unpaired) electrons. The fourth-order valence-electron chi connectivity index (χ4n) is 3.91. The first-order valence-electron chi connectivity index (χ1n) is 9.47. The van der Waals surface area contributed by atoms with Crippen LogP contribution in [0.3, 0.4) is 0 Å². The molecular formula is C18H23F3N6O. The van der Waals surface area contributed by atoms with E-state index in [0.717, 1.165) is 38.2 Å². The van der Waals surface area contributed by atoms with Crippen molar-refractivity contribution in [1.29, 1.82) is 0 Å². The molecule has 0 saturated carbocycles. The van der Waals surface area contributed by atoms with Crippen LogP contribution in [0, 0.1) is 5.92 Å². The van der Waals surface area contributed by atoms with Gasteiger partial charge in [0.15, 0.2) is 5.65 Å². The number of aromatic nitrogens is 3. The van der Waals surface area contributed by atoms with Crippen LogP contribution < -0.4 is 4.90 Å². The molecular weight excluding hydrogens is 373 g/mol. The molecule has 2 saturated heterocycles. The number of hydrogen-bond donors (Lipinski definition) is 0. The minimum absolute atomic E-state index is 0.127. The van der Waals surface area contributed by atoms with Gasteiger partial charge in [0.25, 0.3) is 0 Å². The molecule has 4 heterocycles. The first-order chi connectivity index (χ1) is 13.3. The number of fused-ring (bicyclic) bond motifs is 1. The average molecular weight is 396 g/mol. The van der Waals surface area contributed by atoms with E-state index in [1.165, 1.54) is 10.5 Å². The number of nitrogens with zero attached hydrogens (tertiary/aromatic N) is 6. The zero-order chi connectivity index (χ0) is 19.9. The van der Waals surface area contributed by atoms with Gasteiger partial charge in [-0.3, -0.25) is 9.20 Å². The Morgan fingerprint density at radius 3 is 2.57 bits per heavy atom. The van der Waals surface area contributed by atoms with Gasteiger partial charge in [0, 0.05) is 45.5 Å². The number of piperidine rings is 1. The number of piperazine rings is 1. The maximum Gasteiger partial charge on any atom is 0.417 e. The number of hydrogen-bond acceptors (Lipinski definition) is 5. The molecule has 1 amide bonds. The summed E-state index contributed by atoms with van der Waals surface area (Å²) in [6, 6.07) is 2.32. The molecule has 1 unspecified atom stereocenters. The molecule has 2 aromatic heterocycles. The second kappa shape index (κ2) is 7.23. The van der Waals surface area contributed by atoms with Crippen molar-refractivity contribution in [1.82, 2.24) is 24.4 Å². The SMILES string of the molecule is CN1CCN(C(=O)C2CCCN(c3nnc4ccc(C(F)(F)F)cn34)C2)CC1. The highest BCUT2D eigenvalue weighted by Gasteiger charge is 2.34. The third-order valence-electron chi connectivity index (χ3n) is 5.58. The van der Waals surface area contributed by atoms with Crippen molar-refractivity contribution in [3.05, 3.63) is 23.9 Å². The van der Waals surface area contributed by atoms with Gasteiger partial charge in [-0.1, -0.05) is 0 Å². The van der Waals surface area contributed by atoms with E-state index < -0.39 is 11.7 Å². The Balaban J connectivity index is 1.54. The molecule has 2 aromatic rings. The standard InChI is InChI=1S/C18H23F3N6O/c1-24-7-9-25(10-8-24)16(28)13-3-2-6-26(11-13)17-23-22-15-5-4-14(12-27(15)17)18(19,20)21/h4-5,12-13H,2-3,6-11H2,1H3. The minimum atomic E-state index is -4.43. The van der Waals surface area contributed by atoms with Gasteiger partial charge < -0.3 is 14.7 Å². The van der Waals surface area contributed by atoms with E-state index in [1.54, 1.807) is 0 Å². The van der Waals surface area contributed by atoms with Crippen LogP contribution in [-0.4, -0.2) is 76.6 Å². The van der Waals surface area contributed by atoms with E-state index in [1.807, 2.05) is 16.8 Å². The number of carbonyl (C=O) groups is 1. The lowest BCUT2D eigenvalue weighted by molar-refractivity contribution is -0.138. The third-order valence-corrected chi connectivity index (χ3v) is 5.58. The van der Waals surface area contributed by atoms with Gasteiger partial charge in [-0.05, 0) is 32.0 Å². The molecule has 2 fully saturated rings. The Labute approximate surface area is 160 Å². The zero-order valence-corrected chi connectivity index (χ0v) is 15.7. The van der Waals surface area contributed by atoms with Crippen molar-refractivity contribution in [2.24, 2.45) is 5.92 Å². The molecule has 7 nitrogen and oxygen atoms in total. The molecule has 10 heteroatoms. The summed E-state index contributed by atoms with van der Waals surface area (Å²) in [5.41, 5.74) is -0.390. The second-order valence-corrected chi connectivity index (χ2v) is 7.56. The topological polar surface area (TPSA) is 57.0 Å². The van der Waals surface area contributed by atoms with Crippen LogP contribution in [0.1, 0.15) is 18.4 Å². The van der Waals surface area contributed by atoms with Crippen molar-refractivity contribution in [2.75, 3.05) is 51.2 Å². The maximum absolute atomic E-state index is 13.1. The number of likely N-dealkylation sites (N-methyl/N-ethyl adjacent to an activating group) is 1. The van der Waals surface area contributed by atoms with Crippen LogP contribution in [0.25, 0.3) is 5.65 Å². The molecule has 0 aromatic carbocycles. The van der Waals surface area contributed by atoms with Crippen LogP contribution in [0.4, 0.5) is 19.1 Å². The van der Waals surface area contributed by atoms with Crippen molar-refractivity contribution in [3.8, 4) is 0 Å². The van der Waals surface area contributed by atoms with Crippen molar-refractivity contribution < 1.29 is 18.0 Å². The van der Waals surface area contributed by atoms with Crippen LogP contribution in [0.15, 0.2) is 18.3 Å². The van der Waals surface area contributed by atoms with Gasteiger partial charge in [-0.2, -0.15) is 13.2 Å². The highest BCUT2D eigenvalue weighted by molar-refractivity contribution is 5.80. The summed E-state index contributed by atoms with van der Waals surface area (Å²) in [7, 11) is 2.04. The fraction of sp³-hybridized carbons (Fsp3) is 0.611. The third kappa shape index (κ3) is 3.65. The lowest BCUT2D eigenvalue weighted by Gasteiger charge is -2.38. The Hall–Kier alpha value is -2.36. The number of carbonyl (C=O) groups excluding carboxylic acids is 1. The monoisotopic (exact) mass is 396 g/mol. The van der Waals surface area contributed by atoms with Gasteiger partial charge in [0.2, 0.25) is 11.9 Å². The Bertz CT molecular complexity index is 859. The van der Waals surface area contributed by atoms with Crippen LogP contribution >= 0.6 is 0 Å². The van der Waals surface area contributed by atoms with Crippen LogP contribution in [0.5, 0.6) is 0 Å². The van der Waals surface area contributed by atoms with E-state index in [-0.39, 0.29) is 11.8 Å². The summed E-state index contributed by atoms with van der Waals surface area (Å²) in [6.45, 7) is 4.24. The molecule has 0 N–H and O–H groups in total. The number of pyridine rings is 1.